The predicted octanol–water partition coefficient (Wildman–Crippen LogP) is 3.35. The Morgan fingerprint density at radius 2 is 2.12 bits per heavy atom. The number of para-hydroxylation sites is 1. The van der Waals surface area contributed by atoms with Gasteiger partial charge < -0.3 is 5.11 Å². The van der Waals surface area contributed by atoms with Gasteiger partial charge in [0.2, 0.25) is 6.08 Å². The second-order valence-electron chi connectivity index (χ2n) is 3.79. The van der Waals surface area contributed by atoms with Crippen molar-refractivity contribution in [1.29, 1.82) is 0 Å². The van der Waals surface area contributed by atoms with E-state index >= 15 is 0 Å². The Labute approximate surface area is 95.8 Å². The highest BCUT2D eigenvalue weighted by Crippen LogP contribution is 2.30. The summed E-state index contributed by atoms with van der Waals surface area (Å²) in [6.07, 6.45) is 5.60. The van der Waals surface area contributed by atoms with Gasteiger partial charge in [0.15, 0.2) is 0 Å². The van der Waals surface area contributed by atoms with E-state index in [-0.39, 0.29) is 11.8 Å². The molecule has 0 radical (unpaired) electrons. The number of hydrogen-bond acceptors (Lipinski definition) is 3. The maximum Gasteiger partial charge on any atom is 0.235 e. The molecule has 1 rings (SSSR count). The number of isocyanates is 1. The molecule has 3 heteroatoms. The molecule has 1 atom stereocenters. The zero-order valence-electron chi connectivity index (χ0n) is 9.52. The minimum Gasteiger partial charge on any atom is -0.508 e. The molecule has 0 amide bonds. The third kappa shape index (κ3) is 3.52. The summed E-state index contributed by atoms with van der Waals surface area (Å²) < 4.78 is 0. The highest BCUT2D eigenvalue weighted by molar-refractivity contribution is 5.39. The Bertz CT molecular complexity index is 370. The van der Waals surface area contributed by atoms with Crippen molar-refractivity contribution < 1.29 is 9.90 Å². The smallest absolute Gasteiger partial charge is 0.235 e. The molecule has 86 valence electrons. The largest absolute Gasteiger partial charge is 0.508 e. The van der Waals surface area contributed by atoms with E-state index in [0.29, 0.717) is 5.56 Å². The second-order valence-corrected chi connectivity index (χ2v) is 3.79. The van der Waals surface area contributed by atoms with Gasteiger partial charge >= 0.3 is 0 Å². The van der Waals surface area contributed by atoms with Gasteiger partial charge in [-0.1, -0.05) is 44.4 Å². The molecule has 0 aliphatic carbocycles. The molecule has 16 heavy (non-hydrogen) atoms. The average molecular weight is 219 g/mol. The topological polar surface area (TPSA) is 49.7 Å². The molecule has 0 heterocycles. The van der Waals surface area contributed by atoms with Gasteiger partial charge in [-0.25, -0.2) is 4.79 Å². The number of carbonyl (C=O) groups excluding carboxylic acids is 1. The van der Waals surface area contributed by atoms with Crippen molar-refractivity contribution in [2.75, 3.05) is 0 Å². The Morgan fingerprint density at radius 3 is 2.75 bits per heavy atom. The van der Waals surface area contributed by atoms with Gasteiger partial charge in [-0.15, -0.1) is 0 Å². The number of phenols is 1. The maximum absolute atomic E-state index is 10.4. The lowest BCUT2D eigenvalue weighted by molar-refractivity contribution is 0.455. The van der Waals surface area contributed by atoms with Crippen LogP contribution in [0.4, 0.5) is 0 Å². The van der Waals surface area contributed by atoms with Gasteiger partial charge in [-0.2, -0.15) is 4.99 Å². The van der Waals surface area contributed by atoms with E-state index in [4.69, 9.17) is 0 Å². The lowest BCUT2D eigenvalue weighted by Gasteiger charge is -2.12. The number of nitrogens with zero attached hydrogens (tertiary/aromatic N) is 1. The summed E-state index contributed by atoms with van der Waals surface area (Å²) in [5, 5.41) is 9.67. The van der Waals surface area contributed by atoms with Crippen LogP contribution in [0.2, 0.25) is 0 Å². The first-order chi connectivity index (χ1) is 7.79. The van der Waals surface area contributed by atoms with Crippen LogP contribution in [0.25, 0.3) is 0 Å². The third-order valence-corrected chi connectivity index (χ3v) is 2.59. The number of aliphatic imine (C=N–C) groups is 1. The van der Waals surface area contributed by atoms with E-state index in [2.05, 4.69) is 11.9 Å². The van der Waals surface area contributed by atoms with Crippen molar-refractivity contribution in [1.82, 2.24) is 0 Å². The molecule has 0 aliphatic heterocycles. The van der Waals surface area contributed by atoms with Gasteiger partial charge in [0.25, 0.3) is 0 Å². The monoisotopic (exact) mass is 219 g/mol. The van der Waals surface area contributed by atoms with Crippen molar-refractivity contribution in [2.24, 2.45) is 4.99 Å². The fourth-order valence-corrected chi connectivity index (χ4v) is 1.71. The predicted molar refractivity (Wildman–Crippen MR) is 63.1 cm³/mol. The van der Waals surface area contributed by atoms with E-state index < -0.39 is 0 Å². The van der Waals surface area contributed by atoms with Gasteiger partial charge in [0, 0.05) is 5.56 Å². The number of phenolic OH excluding ortho intramolecular Hbond substituents is 1. The highest BCUT2D eigenvalue weighted by atomic mass is 16.3. The summed E-state index contributed by atoms with van der Waals surface area (Å²) in [5.41, 5.74) is 0.710. The number of benzene rings is 1. The Kier molecular flexibility index (Phi) is 5.30. The van der Waals surface area contributed by atoms with E-state index in [1.54, 1.807) is 24.3 Å². The first kappa shape index (κ1) is 12.5. The van der Waals surface area contributed by atoms with E-state index in [0.717, 1.165) is 25.7 Å². The first-order valence-electron chi connectivity index (χ1n) is 5.64. The van der Waals surface area contributed by atoms with Crippen LogP contribution >= 0.6 is 0 Å². The van der Waals surface area contributed by atoms with Crippen molar-refractivity contribution in [2.45, 2.75) is 38.6 Å². The SMILES string of the molecule is CCCCCC(N=C=O)c1ccccc1O. The zero-order valence-corrected chi connectivity index (χ0v) is 9.52. The first-order valence-corrected chi connectivity index (χ1v) is 5.64. The molecule has 0 aliphatic rings. The Morgan fingerprint density at radius 1 is 1.38 bits per heavy atom. The molecule has 0 saturated heterocycles. The van der Waals surface area contributed by atoms with Gasteiger partial charge in [0.1, 0.15) is 5.75 Å². The fraction of sp³-hybridized carbons (Fsp3) is 0.462. The Hall–Kier alpha value is -1.60. The lowest BCUT2D eigenvalue weighted by atomic mass is 10.0. The third-order valence-electron chi connectivity index (χ3n) is 2.59. The molecule has 0 bridgehead atoms. The molecule has 0 saturated carbocycles. The van der Waals surface area contributed by atoms with Crippen LogP contribution in [0.5, 0.6) is 5.75 Å². The van der Waals surface area contributed by atoms with E-state index in [1.165, 1.54) is 0 Å². The Balaban J connectivity index is 2.77. The van der Waals surface area contributed by atoms with Crippen LogP contribution in [0.1, 0.15) is 44.2 Å². The summed E-state index contributed by atoms with van der Waals surface area (Å²) in [6, 6.07) is 6.74. The molecule has 1 N–H and O–H groups in total. The van der Waals surface area contributed by atoms with Crippen LogP contribution < -0.4 is 0 Å². The maximum atomic E-state index is 10.4. The number of aromatic hydroxyl groups is 1. The minimum absolute atomic E-state index is 0.197. The van der Waals surface area contributed by atoms with E-state index in [1.807, 2.05) is 6.07 Å². The van der Waals surface area contributed by atoms with Gasteiger partial charge in [0.05, 0.1) is 6.04 Å². The molecular weight excluding hydrogens is 202 g/mol. The number of unbranched alkanes of at least 4 members (excludes halogenated alkanes) is 2. The van der Waals surface area contributed by atoms with Crippen LogP contribution in [0.3, 0.4) is 0 Å². The minimum atomic E-state index is -0.259. The van der Waals surface area contributed by atoms with Crippen molar-refractivity contribution >= 4 is 6.08 Å². The van der Waals surface area contributed by atoms with Crippen LogP contribution in [-0.4, -0.2) is 11.2 Å². The second kappa shape index (κ2) is 6.81. The van der Waals surface area contributed by atoms with Crippen molar-refractivity contribution in [3.63, 3.8) is 0 Å². The molecular formula is C13H17NO2. The normalized spacial score (nSPS) is 11.8. The number of hydrogen-bond donors (Lipinski definition) is 1. The van der Waals surface area contributed by atoms with E-state index in [9.17, 15) is 9.90 Å². The van der Waals surface area contributed by atoms with Gasteiger partial charge in [-0.3, -0.25) is 0 Å². The van der Waals surface area contributed by atoms with Crippen LogP contribution in [0.15, 0.2) is 29.3 Å². The summed E-state index contributed by atoms with van der Waals surface area (Å²) in [4.78, 5) is 14.1. The molecule has 0 aromatic heterocycles. The van der Waals surface area contributed by atoms with Crippen LogP contribution in [-0.2, 0) is 4.79 Å². The highest BCUT2D eigenvalue weighted by Gasteiger charge is 2.13. The quantitative estimate of drug-likeness (QED) is 0.453. The summed E-state index contributed by atoms with van der Waals surface area (Å²) >= 11 is 0. The zero-order chi connectivity index (χ0) is 11.8. The molecule has 1 unspecified atom stereocenters. The van der Waals surface area contributed by atoms with Crippen LogP contribution in [0, 0.1) is 0 Å². The summed E-state index contributed by atoms with van der Waals surface area (Å²) in [6.45, 7) is 2.12. The van der Waals surface area contributed by atoms with Crippen molar-refractivity contribution in [3.8, 4) is 5.75 Å². The number of rotatable bonds is 6. The lowest BCUT2D eigenvalue weighted by Crippen LogP contribution is -1.96. The summed E-state index contributed by atoms with van der Waals surface area (Å²) in [7, 11) is 0. The van der Waals surface area contributed by atoms with Gasteiger partial charge in [-0.05, 0) is 12.5 Å². The standard InChI is InChI=1S/C13H17NO2/c1-2-3-4-8-12(14-10-15)11-7-5-6-9-13(11)16/h5-7,9,12,16H,2-4,8H2,1H3. The molecule has 3 nitrogen and oxygen atoms in total. The molecule has 0 spiro atoms. The summed E-state index contributed by atoms with van der Waals surface area (Å²) in [5.74, 6) is 0.197. The molecule has 0 fully saturated rings. The average Bonchev–Trinajstić information content (AvgIpc) is 2.29. The molecule has 1 aromatic rings. The fourth-order valence-electron chi connectivity index (χ4n) is 1.71. The van der Waals surface area contributed by atoms with Crippen molar-refractivity contribution in [3.05, 3.63) is 29.8 Å². The molecule has 1 aromatic carbocycles.